The number of esters is 1. The zero-order valence-electron chi connectivity index (χ0n) is 17.9. The van der Waals surface area contributed by atoms with Crippen LogP contribution in [-0.4, -0.2) is 32.8 Å². The molecular weight excluding hydrogens is 430 g/mol. The molecule has 166 valence electrons. The van der Waals surface area contributed by atoms with Gasteiger partial charge in [-0.1, -0.05) is 54.3 Å². The first-order chi connectivity index (χ1) is 15.6. The Morgan fingerprint density at radius 1 is 1.22 bits per heavy atom. The van der Waals surface area contributed by atoms with Crippen molar-refractivity contribution in [3.05, 3.63) is 76.0 Å². The average molecular weight is 454 g/mol. The molecule has 3 aromatic rings. The van der Waals surface area contributed by atoms with Crippen LogP contribution in [0.1, 0.15) is 43.9 Å². The summed E-state index contributed by atoms with van der Waals surface area (Å²) in [6.07, 6.45) is 1.76. The molecule has 2 heterocycles. The second-order valence-electron chi connectivity index (χ2n) is 7.49. The Labute approximate surface area is 191 Å². The van der Waals surface area contributed by atoms with Crippen molar-refractivity contribution in [3.63, 3.8) is 0 Å². The SMILES string of the molecule is CCCCOC(=O)C1=C(C)Nc2nnnn2C1c1ccc(OCc2cccc(Cl)c2)cc1. The van der Waals surface area contributed by atoms with E-state index >= 15 is 0 Å². The Morgan fingerprint density at radius 2 is 2.03 bits per heavy atom. The minimum Gasteiger partial charge on any atom is -0.489 e. The molecule has 0 fully saturated rings. The van der Waals surface area contributed by atoms with E-state index in [1.54, 1.807) is 4.68 Å². The molecule has 1 aliphatic rings. The van der Waals surface area contributed by atoms with E-state index in [9.17, 15) is 4.79 Å². The third-order valence-electron chi connectivity index (χ3n) is 5.16. The molecule has 32 heavy (non-hydrogen) atoms. The van der Waals surface area contributed by atoms with Crippen molar-refractivity contribution in [2.45, 2.75) is 39.3 Å². The number of carbonyl (C=O) groups excluding carboxylic acids is 1. The standard InChI is InChI=1S/C23H24ClN5O3/c1-3-4-12-31-22(30)20-15(2)25-23-26-27-28-29(23)21(20)17-8-10-19(11-9-17)32-14-16-6-5-7-18(24)13-16/h5-11,13,21H,3-4,12,14H2,1-2H3,(H,25,26,28). The van der Waals surface area contributed by atoms with Crippen LogP contribution in [0.2, 0.25) is 5.02 Å². The molecule has 2 aromatic carbocycles. The molecule has 1 aromatic heterocycles. The van der Waals surface area contributed by atoms with E-state index in [4.69, 9.17) is 21.1 Å². The van der Waals surface area contributed by atoms with Gasteiger partial charge in [0.15, 0.2) is 0 Å². The fourth-order valence-electron chi connectivity index (χ4n) is 3.51. The fourth-order valence-corrected chi connectivity index (χ4v) is 3.72. The molecule has 0 radical (unpaired) electrons. The number of allylic oxidation sites excluding steroid dienone is 1. The van der Waals surface area contributed by atoms with E-state index in [0.717, 1.165) is 24.0 Å². The number of tetrazole rings is 1. The monoisotopic (exact) mass is 453 g/mol. The van der Waals surface area contributed by atoms with Gasteiger partial charge in [-0.3, -0.25) is 0 Å². The minimum atomic E-state index is -0.502. The highest BCUT2D eigenvalue weighted by Gasteiger charge is 2.34. The summed E-state index contributed by atoms with van der Waals surface area (Å²) in [7, 11) is 0. The number of ether oxygens (including phenoxy) is 2. The smallest absolute Gasteiger partial charge is 0.338 e. The number of nitrogens with one attached hydrogen (secondary N) is 1. The Morgan fingerprint density at radius 3 is 2.78 bits per heavy atom. The van der Waals surface area contributed by atoms with E-state index in [2.05, 4.69) is 20.8 Å². The Hall–Kier alpha value is -3.39. The third kappa shape index (κ3) is 4.75. The lowest BCUT2D eigenvalue weighted by molar-refractivity contribution is -0.139. The van der Waals surface area contributed by atoms with Crippen molar-refractivity contribution in [2.24, 2.45) is 0 Å². The molecule has 1 unspecified atom stereocenters. The number of fused-ring (bicyclic) bond motifs is 1. The number of aromatic nitrogens is 4. The number of halogens is 1. The lowest BCUT2D eigenvalue weighted by atomic mass is 9.96. The molecule has 1 aliphatic heterocycles. The Kier molecular flexibility index (Phi) is 6.70. The first-order valence-corrected chi connectivity index (χ1v) is 10.8. The topological polar surface area (TPSA) is 91.2 Å². The molecule has 0 aliphatic carbocycles. The quantitative estimate of drug-likeness (QED) is 0.395. The second-order valence-corrected chi connectivity index (χ2v) is 7.93. The van der Waals surface area contributed by atoms with Gasteiger partial charge in [-0.15, -0.1) is 0 Å². The lowest BCUT2D eigenvalue weighted by Gasteiger charge is -2.27. The summed E-state index contributed by atoms with van der Waals surface area (Å²) in [6.45, 7) is 4.65. The summed E-state index contributed by atoms with van der Waals surface area (Å²) >= 11 is 6.03. The molecule has 0 bridgehead atoms. The molecule has 4 rings (SSSR count). The van der Waals surface area contributed by atoms with E-state index in [1.165, 1.54) is 0 Å². The van der Waals surface area contributed by atoms with E-state index in [1.807, 2.05) is 62.4 Å². The summed E-state index contributed by atoms with van der Waals surface area (Å²) in [5, 5.41) is 15.6. The summed E-state index contributed by atoms with van der Waals surface area (Å²) in [5.41, 5.74) is 2.97. The molecule has 9 heteroatoms. The van der Waals surface area contributed by atoms with Crippen LogP contribution in [0.3, 0.4) is 0 Å². The maximum Gasteiger partial charge on any atom is 0.338 e. The highest BCUT2D eigenvalue weighted by Crippen LogP contribution is 2.35. The van der Waals surface area contributed by atoms with Gasteiger partial charge in [-0.2, -0.15) is 4.68 Å². The largest absolute Gasteiger partial charge is 0.489 e. The number of anilines is 1. The molecular formula is C23H24ClN5O3. The van der Waals surface area contributed by atoms with Gasteiger partial charge in [0.1, 0.15) is 18.4 Å². The number of hydrogen-bond donors (Lipinski definition) is 1. The fraction of sp³-hybridized carbons (Fsp3) is 0.304. The first-order valence-electron chi connectivity index (χ1n) is 10.5. The number of rotatable bonds is 8. The second kappa shape index (κ2) is 9.82. The van der Waals surface area contributed by atoms with Gasteiger partial charge in [0.2, 0.25) is 5.95 Å². The zero-order valence-corrected chi connectivity index (χ0v) is 18.7. The molecule has 1 N–H and O–H groups in total. The first kappa shape index (κ1) is 21.8. The van der Waals surface area contributed by atoms with Crippen molar-refractivity contribution >= 4 is 23.5 Å². The number of carbonyl (C=O) groups is 1. The van der Waals surface area contributed by atoms with Gasteiger partial charge in [0, 0.05) is 10.7 Å². The summed E-state index contributed by atoms with van der Waals surface area (Å²) in [4.78, 5) is 12.9. The predicted molar refractivity (Wildman–Crippen MR) is 120 cm³/mol. The number of benzene rings is 2. The van der Waals surface area contributed by atoms with Gasteiger partial charge in [0.05, 0.1) is 12.2 Å². The van der Waals surface area contributed by atoms with Crippen molar-refractivity contribution in [1.29, 1.82) is 0 Å². The van der Waals surface area contributed by atoms with Gasteiger partial charge in [0.25, 0.3) is 0 Å². The van der Waals surface area contributed by atoms with Gasteiger partial charge >= 0.3 is 5.97 Å². The van der Waals surface area contributed by atoms with Crippen molar-refractivity contribution in [2.75, 3.05) is 11.9 Å². The van der Waals surface area contributed by atoms with Gasteiger partial charge < -0.3 is 14.8 Å². The van der Waals surface area contributed by atoms with Crippen molar-refractivity contribution in [3.8, 4) is 5.75 Å². The van der Waals surface area contributed by atoms with Crippen LogP contribution >= 0.6 is 11.6 Å². The van der Waals surface area contributed by atoms with E-state index in [0.29, 0.717) is 41.2 Å². The van der Waals surface area contributed by atoms with Crippen LogP contribution in [0.25, 0.3) is 0 Å². The highest BCUT2D eigenvalue weighted by atomic mass is 35.5. The molecule has 8 nitrogen and oxygen atoms in total. The average Bonchev–Trinajstić information content (AvgIpc) is 3.25. The van der Waals surface area contributed by atoms with Gasteiger partial charge in [-0.05, 0) is 59.2 Å². The van der Waals surface area contributed by atoms with Crippen molar-refractivity contribution in [1.82, 2.24) is 20.2 Å². The Bertz CT molecular complexity index is 1130. The van der Waals surface area contributed by atoms with E-state index < -0.39 is 6.04 Å². The van der Waals surface area contributed by atoms with Crippen LogP contribution in [0.5, 0.6) is 5.75 Å². The van der Waals surface area contributed by atoms with Crippen LogP contribution < -0.4 is 10.1 Å². The van der Waals surface area contributed by atoms with E-state index in [-0.39, 0.29) is 5.97 Å². The highest BCUT2D eigenvalue weighted by molar-refractivity contribution is 6.30. The maximum atomic E-state index is 12.9. The molecule has 0 saturated heterocycles. The molecule has 0 saturated carbocycles. The molecule has 0 spiro atoms. The summed E-state index contributed by atoms with van der Waals surface area (Å²) in [6, 6.07) is 14.6. The number of hydrogen-bond acceptors (Lipinski definition) is 7. The molecule has 0 amide bonds. The Balaban J connectivity index is 1.56. The minimum absolute atomic E-state index is 0.373. The maximum absolute atomic E-state index is 12.9. The predicted octanol–water partition coefficient (Wildman–Crippen LogP) is 4.54. The lowest BCUT2D eigenvalue weighted by Crippen LogP contribution is -2.29. The van der Waals surface area contributed by atoms with Gasteiger partial charge in [-0.25, -0.2) is 4.79 Å². The number of nitrogens with zero attached hydrogens (tertiary/aromatic N) is 4. The van der Waals surface area contributed by atoms with Crippen LogP contribution in [0.15, 0.2) is 59.8 Å². The molecule has 1 atom stereocenters. The van der Waals surface area contributed by atoms with Crippen LogP contribution in [-0.2, 0) is 16.1 Å². The summed E-state index contributed by atoms with van der Waals surface area (Å²) in [5.74, 6) is 0.794. The normalized spacial score (nSPS) is 15.2. The third-order valence-corrected chi connectivity index (χ3v) is 5.39. The number of unbranched alkanes of at least 4 members (excludes halogenated alkanes) is 1. The van der Waals surface area contributed by atoms with Crippen LogP contribution in [0.4, 0.5) is 5.95 Å². The summed E-state index contributed by atoms with van der Waals surface area (Å²) < 4.78 is 13.0. The zero-order chi connectivity index (χ0) is 22.5. The van der Waals surface area contributed by atoms with Crippen LogP contribution in [0, 0.1) is 0 Å². The van der Waals surface area contributed by atoms with Crippen molar-refractivity contribution < 1.29 is 14.3 Å².